The van der Waals surface area contributed by atoms with Gasteiger partial charge in [-0.2, -0.15) is 4.98 Å². The minimum absolute atomic E-state index is 0.291. The van der Waals surface area contributed by atoms with E-state index in [1.165, 1.54) is 0 Å². The smallest absolute Gasteiger partial charge is 0.280 e. The van der Waals surface area contributed by atoms with Crippen LogP contribution < -0.4 is 4.74 Å². The van der Waals surface area contributed by atoms with Crippen molar-refractivity contribution in [1.29, 1.82) is 0 Å². The molecular formula is C17H12N4O3. The van der Waals surface area contributed by atoms with Crippen molar-refractivity contribution >= 4 is 0 Å². The number of rotatable bonds is 4. The molecule has 0 bridgehead atoms. The summed E-state index contributed by atoms with van der Waals surface area (Å²) in [5.41, 5.74) is 2.12. The second kappa shape index (κ2) is 5.96. The molecule has 0 atom stereocenters. The lowest BCUT2D eigenvalue weighted by molar-refractivity contribution is 0.411. The summed E-state index contributed by atoms with van der Waals surface area (Å²) >= 11 is 0. The van der Waals surface area contributed by atoms with Crippen LogP contribution in [0, 0.1) is 0 Å². The quantitative estimate of drug-likeness (QED) is 0.569. The number of methoxy groups -OCH3 is 1. The Morgan fingerprint density at radius 3 is 2.58 bits per heavy atom. The zero-order chi connectivity index (χ0) is 16.4. The lowest BCUT2D eigenvalue weighted by atomic mass is 10.2. The van der Waals surface area contributed by atoms with Gasteiger partial charge in [0.05, 0.1) is 7.11 Å². The highest BCUT2D eigenvalue weighted by Crippen LogP contribution is 2.26. The van der Waals surface area contributed by atoms with Crippen LogP contribution in [0.3, 0.4) is 0 Å². The molecule has 0 amide bonds. The van der Waals surface area contributed by atoms with Gasteiger partial charge < -0.3 is 13.8 Å². The van der Waals surface area contributed by atoms with Gasteiger partial charge in [-0.1, -0.05) is 10.3 Å². The Morgan fingerprint density at radius 1 is 0.958 bits per heavy atom. The largest absolute Gasteiger partial charge is 0.497 e. The van der Waals surface area contributed by atoms with Crippen molar-refractivity contribution in [3.05, 3.63) is 54.9 Å². The first-order chi connectivity index (χ1) is 11.8. The van der Waals surface area contributed by atoms with Crippen molar-refractivity contribution in [3.8, 4) is 40.0 Å². The second-order valence-electron chi connectivity index (χ2n) is 4.97. The summed E-state index contributed by atoms with van der Waals surface area (Å²) in [6, 6.07) is 12.8. The van der Waals surface area contributed by atoms with Gasteiger partial charge in [-0.25, -0.2) is 0 Å². The van der Waals surface area contributed by atoms with Crippen molar-refractivity contribution in [2.75, 3.05) is 7.11 Å². The molecule has 4 aromatic rings. The van der Waals surface area contributed by atoms with Crippen LogP contribution in [0.5, 0.6) is 5.75 Å². The van der Waals surface area contributed by atoms with Crippen molar-refractivity contribution in [3.63, 3.8) is 0 Å². The summed E-state index contributed by atoms with van der Waals surface area (Å²) in [6.45, 7) is 0. The van der Waals surface area contributed by atoms with Gasteiger partial charge in [-0.05, 0) is 36.4 Å². The summed E-state index contributed by atoms with van der Waals surface area (Å²) in [5, 5.41) is 7.96. The predicted molar refractivity (Wildman–Crippen MR) is 85.0 cm³/mol. The third-order valence-electron chi connectivity index (χ3n) is 3.45. The molecule has 0 saturated heterocycles. The summed E-state index contributed by atoms with van der Waals surface area (Å²) in [5.74, 6) is 2.11. The molecule has 0 unspecified atom stereocenters. The van der Waals surface area contributed by atoms with Crippen LogP contribution >= 0.6 is 0 Å². The average Bonchev–Trinajstić information content (AvgIpc) is 3.32. The Labute approximate surface area is 136 Å². The molecule has 0 aliphatic carbocycles. The molecule has 1 aromatic carbocycles. The fraction of sp³-hybridized carbons (Fsp3) is 0.0588. The van der Waals surface area contributed by atoms with E-state index in [1.807, 2.05) is 36.4 Å². The number of pyridine rings is 1. The molecular weight excluding hydrogens is 308 g/mol. The van der Waals surface area contributed by atoms with Crippen LogP contribution in [0.15, 0.2) is 63.9 Å². The second-order valence-corrected chi connectivity index (χ2v) is 4.97. The van der Waals surface area contributed by atoms with E-state index in [9.17, 15) is 0 Å². The van der Waals surface area contributed by atoms with Crippen molar-refractivity contribution < 1.29 is 13.8 Å². The Bertz CT molecular complexity index is 945. The maximum Gasteiger partial charge on any atom is 0.280 e. The molecule has 24 heavy (non-hydrogen) atoms. The Morgan fingerprint density at radius 2 is 1.83 bits per heavy atom. The van der Waals surface area contributed by atoms with Crippen LogP contribution in [0.2, 0.25) is 0 Å². The molecule has 118 valence electrons. The maximum atomic E-state index is 5.32. The zero-order valence-corrected chi connectivity index (χ0v) is 12.7. The molecule has 0 spiro atoms. The van der Waals surface area contributed by atoms with Gasteiger partial charge in [0.1, 0.15) is 5.75 Å². The Kier molecular flexibility index (Phi) is 3.51. The van der Waals surface area contributed by atoms with E-state index < -0.39 is 0 Å². The summed E-state index contributed by atoms with van der Waals surface area (Å²) in [7, 11) is 1.62. The monoisotopic (exact) mass is 320 g/mol. The van der Waals surface area contributed by atoms with Crippen LogP contribution in [0.4, 0.5) is 0 Å². The van der Waals surface area contributed by atoms with Crippen LogP contribution in [0.1, 0.15) is 0 Å². The van der Waals surface area contributed by atoms with Crippen LogP contribution in [-0.4, -0.2) is 27.4 Å². The van der Waals surface area contributed by atoms with Gasteiger partial charge in [-0.15, -0.1) is 0 Å². The van der Waals surface area contributed by atoms with E-state index in [1.54, 1.807) is 25.6 Å². The van der Waals surface area contributed by atoms with E-state index in [-0.39, 0.29) is 0 Å². The molecule has 0 N–H and O–H groups in total. The Balaban J connectivity index is 1.62. The third kappa shape index (κ3) is 2.63. The first kappa shape index (κ1) is 14.1. The van der Waals surface area contributed by atoms with Crippen molar-refractivity contribution in [1.82, 2.24) is 20.3 Å². The van der Waals surface area contributed by atoms with Gasteiger partial charge in [0, 0.05) is 29.6 Å². The fourth-order valence-electron chi connectivity index (χ4n) is 2.21. The number of ether oxygens (including phenoxy) is 1. The SMILES string of the molecule is COc1ccc(-c2noc(-c3cc(-c4cccnc4)on3)n2)cc1. The maximum absolute atomic E-state index is 5.32. The topological polar surface area (TPSA) is 87.1 Å². The van der Waals surface area contributed by atoms with Gasteiger partial charge in [0.25, 0.3) is 5.89 Å². The molecule has 0 aliphatic rings. The van der Waals surface area contributed by atoms with Crippen molar-refractivity contribution in [2.24, 2.45) is 0 Å². The normalized spacial score (nSPS) is 10.7. The number of hydrogen-bond acceptors (Lipinski definition) is 7. The highest BCUT2D eigenvalue weighted by molar-refractivity contribution is 5.63. The van der Waals surface area contributed by atoms with Gasteiger partial charge in [0.15, 0.2) is 11.5 Å². The summed E-state index contributed by atoms with van der Waals surface area (Å²) < 4.78 is 15.7. The molecule has 0 saturated carbocycles. The number of benzene rings is 1. The highest BCUT2D eigenvalue weighted by atomic mass is 16.5. The number of aromatic nitrogens is 4. The predicted octanol–water partition coefficient (Wildman–Crippen LogP) is 3.46. The lowest BCUT2D eigenvalue weighted by Gasteiger charge is -1.98. The molecule has 0 radical (unpaired) electrons. The first-order valence-corrected chi connectivity index (χ1v) is 7.19. The van der Waals surface area contributed by atoms with E-state index in [2.05, 4.69) is 20.3 Å². The van der Waals surface area contributed by atoms with Crippen molar-refractivity contribution in [2.45, 2.75) is 0 Å². The Hall–Kier alpha value is -3.48. The fourth-order valence-corrected chi connectivity index (χ4v) is 2.21. The molecule has 7 nitrogen and oxygen atoms in total. The number of nitrogens with zero attached hydrogens (tertiary/aromatic N) is 4. The molecule has 3 aromatic heterocycles. The minimum Gasteiger partial charge on any atom is -0.497 e. The summed E-state index contributed by atoms with van der Waals surface area (Å²) in [6.07, 6.45) is 3.39. The first-order valence-electron chi connectivity index (χ1n) is 7.19. The van der Waals surface area contributed by atoms with E-state index in [0.29, 0.717) is 23.2 Å². The van der Waals surface area contributed by atoms with Crippen LogP contribution in [-0.2, 0) is 0 Å². The van der Waals surface area contributed by atoms with Gasteiger partial charge in [-0.3, -0.25) is 4.98 Å². The standard InChI is InChI=1S/C17H12N4O3/c1-22-13-6-4-11(5-7-13)16-19-17(24-21-16)14-9-15(23-20-14)12-3-2-8-18-10-12/h2-10H,1H3. The molecule has 7 heteroatoms. The molecule has 4 rings (SSSR count). The highest BCUT2D eigenvalue weighted by Gasteiger charge is 2.16. The molecule has 0 aliphatic heterocycles. The zero-order valence-electron chi connectivity index (χ0n) is 12.7. The molecule has 0 fully saturated rings. The molecule has 3 heterocycles. The lowest BCUT2D eigenvalue weighted by Crippen LogP contribution is -1.84. The van der Waals surface area contributed by atoms with Gasteiger partial charge in [0.2, 0.25) is 5.82 Å². The number of hydrogen-bond donors (Lipinski definition) is 0. The van der Waals surface area contributed by atoms with Crippen LogP contribution in [0.25, 0.3) is 34.3 Å². The third-order valence-corrected chi connectivity index (χ3v) is 3.45. The summed E-state index contributed by atoms with van der Waals surface area (Å²) in [4.78, 5) is 8.41. The minimum atomic E-state index is 0.291. The van der Waals surface area contributed by atoms with E-state index >= 15 is 0 Å². The van der Waals surface area contributed by atoms with Gasteiger partial charge >= 0.3 is 0 Å². The van der Waals surface area contributed by atoms with E-state index in [4.69, 9.17) is 13.8 Å². The average molecular weight is 320 g/mol. The van der Waals surface area contributed by atoms with E-state index in [0.717, 1.165) is 16.9 Å².